The monoisotopic (exact) mass is 349 g/mol. The number of alkyl halides is 2. The highest BCUT2D eigenvalue weighted by atomic mass is 35.5. The average Bonchev–Trinajstić information content (AvgIpc) is 2.54. The quantitative estimate of drug-likeness (QED) is 0.771. The first-order chi connectivity index (χ1) is 11.3. The van der Waals surface area contributed by atoms with Gasteiger partial charge in [-0.05, 0) is 24.3 Å². The lowest BCUT2D eigenvalue weighted by Crippen LogP contribution is -2.23. The van der Waals surface area contributed by atoms with E-state index in [1.165, 1.54) is 22.8 Å². The number of aromatic nitrogens is 2. The second-order valence-electron chi connectivity index (χ2n) is 5.40. The smallest absolute Gasteiger partial charge is 0.354 e. The molecule has 1 aromatic heterocycles. The van der Waals surface area contributed by atoms with E-state index in [1.54, 1.807) is 31.3 Å². The van der Waals surface area contributed by atoms with E-state index in [9.17, 15) is 13.6 Å². The summed E-state index contributed by atoms with van der Waals surface area (Å²) in [7, 11) is 1.61. The van der Waals surface area contributed by atoms with E-state index < -0.39 is 11.6 Å². The minimum absolute atomic E-state index is 0.191. The minimum Gasteiger partial charge on any atom is -0.372 e. The van der Waals surface area contributed by atoms with E-state index in [-0.39, 0.29) is 5.56 Å². The molecule has 1 heterocycles. The number of hydrogen-bond donors (Lipinski definition) is 1. The van der Waals surface area contributed by atoms with Crippen LogP contribution in [0.5, 0.6) is 0 Å². The molecule has 0 aliphatic carbocycles. The van der Waals surface area contributed by atoms with Crippen LogP contribution in [0.25, 0.3) is 16.6 Å². The molecule has 0 fully saturated rings. The van der Waals surface area contributed by atoms with Gasteiger partial charge in [0, 0.05) is 24.9 Å². The predicted octanol–water partition coefficient (Wildman–Crippen LogP) is 4.19. The molecule has 7 heteroatoms. The van der Waals surface area contributed by atoms with Crippen molar-refractivity contribution in [2.45, 2.75) is 12.8 Å². The number of nitrogens with zero attached hydrogens (tertiary/aromatic N) is 2. The van der Waals surface area contributed by atoms with E-state index in [2.05, 4.69) is 10.3 Å². The van der Waals surface area contributed by atoms with Crippen LogP contribution in [0.3, 0.4) is 0 Å². The van der Waals surface area contributed by atoms with Crippen LogP contribution >= 0.6 is 11.6 Å². The first-order valence-corrected chi connectivity index (χ1v) is 7.58. The van der Waals surface area contributed by atoms with Crippen molar-refractivity contribution in [3.8, 4) is 5.69 Å². The molecule has 0 radical (unpaired) electrons. The molecule has 0 aliphatic rings. The van der Waals surface area contributed by atoms with Gasteiger partial charge in [-0.3, -0.25) is 4.57 Å². The SMILES string of the molecule is CNc1nc(=O)n(-c2ccccc2Cl)c2cc(C(C)(F)F)ccc12. The van der Waals surface area contributed by atoms with Gasteiger partial charge in [-0.15, -0.1) is 0 Å². The number of anilines is 1. The van der Waals surface area contributed by atoms with Gasteiger partial charge in [0.25, 0.3) is 5.92 Å². The molecule has 1 N–H and O–H groups in total. The van der Waals surface area contributed by atoms with Crippen molar-refractivity contribution < 1.29 is 8.78 Å². The van der Waals surface area contributed by atoms with E-state index in [0.29, 0.717) is 27.4 Å². The molecule has 124 valence electrons. The van der Waals surface area contributed by atoms with Crippen molar-refractivity contribution in [1.82, 2.24) is 9.55 Å². The Balaban J connectivity index is 2.46. The Bertz CT molecular complexity index is 980. The van der Waals surface area contributed by atoms with Crippen molar-refractivity contribution in [3.05, 3.63) is 63.5 Å². The van der Waals surface area contributed by atoms with Crippen LogP contribution in [-0.2, 0) is 5.92 Å². The minimum atomic E-state index is -3.03. The molecule has 4 nitrogen and oxygen atoms in total. The largest absolute Gasteiger partial charge is 0.372 e. The fourth-order valence-electron chi connectivity index (χ4n) is 2.56. The van der Waals surface area contributed by atoms with Crippen LogP contribution < -0.4 is 11.0 Å². The third-order valence-electron chi connectivity index (χ3n) is 3.73. The molecule has 0 saturated heterocycles. The normalized spacial score (nSPS) is 11.7. The van der Waals surface area contributed by atoms with Crippen LogP contribution in [0.15, 0.2) is 47.3 Å². The highest BCUT2D eigenvalue weighted by Crippen LogP contribution is 2.32. The zero-order valence-electron chi connectivity index (χ0n) is 13.0. The van der Waals surface area contributed by atoms with Gasteiger partial charge in [-0.25, -0.2) is 13.6 Å². The van der Waals surface area contributed by atoms with Crippen LogP contribution in [0.2, 0.25) is 5.02 Å². The van der Waals surface area contributed by atoms with Crippen molar-refractivity contribution >= 4 is 28.3 Å². The summed E-state index contributed by atoms with van der Waals surface area (Å²) in [5.41, 5.74) is -0.0904. The summed E-state index contributed by atoms with van der Waals surface area (Å²) in [5.74, 6) is -2.71. The van der Waals surface area contributed by atoms with Gasteiger partial charge < -0.3 is 5.32 Å². The zero-order valence-corrected chi connectivity index (χ0v) is 13.7. The molecule has 0 bridgehead atoms. The molecule has 0 atom stereocenters. The van der Waals surface area contributed by atoms with E-state index in [4.69, 9.17) is 11.6 Å². The number of rotatable bonds is 3. The maximum Gasteiger partial charge on any atom is 0.354 e. The first kappa shape index (κ1) is 16.4. The molecule has 3 aromatic rings. The lowest BCUT2D eigenvalue weighted by molar-refractivity contribution is 0.0176. The van der Waals surface area contributed by atoms with Crippen molar-refractivity contribution in [1.29, 1.82) is 0 Å². The number of nitrogens with one attached hydrogen (secondary N) is 1. The predicted molar refractivity (Wildman–Crippen MR) is 91.5 cm³/mol. The number of halogens is 3. The van der Waals surface area contributed by atoms with Crippen molar-refractivity contribution in [3.63, 3.8) is 0 Å². The van der Waals surface area contributed by atoms with E-state index in [0.717, 1.165) is 6.92 Å². The van der Waals surface area contributed by atoms with Crippen LogP contribution in [0.4, 0.5) is 14.6 Å². The van der Waals surface area contributed by atoms with Crippen LogP contribution in [0.1, 0.15) is 12.5 Å². The topological polar surface area (TPSA) is 46.9 Å². The van der Waals surface area contributed by atoms with Crippen LogP contribution in [-0.4, -0.2) is 16.6 Å². The molecular weight excluding hydrogens is 336 g/mol. The zero-order chi connectivity index (χ0) is 17.5. The Morgan fingerprint density at radius 3 is 2.54 bits per heavy atom. The lowest BCUT2D eigenvalue weighted by atomic mass is 10.1. The maximum absolute atomic E-state index is 13.7. The fraction of sp³-hybridized carbons (Fsp3) is 0.176. The highest BCUT2D eigenvalue weighted by molar-refractivity contribution is 6.32. The number of para-hydroxylation sites is 1. The molecule has 24 heavy (non-hydrogen) atoms. The molecular formula is C17H14ClF2N3O. The summed E-state index contributed by atoms with van der Waals surface area (Å²) in [5, 5.41) is 3.69. The third kappa shape index (κ3) is 2.73. The fourth-order valence-corrected chi connectivity index (χ4v) is 2.78. The summed E-state index contributed by atoms with van der Waals surface area (Å²) in [6.45, 7) is 0.812. The Labute approximate surface area is 141 Å². The first-order valence-electron chi connectivity index (χ1n) is 7.20. The molecule has 0 spiro atoms. The Morgan fingerprint density at radius 1 is 1.21 bits per heavy atom. The van der Waals surface area contributed by atoms with Crippen molar-refractivity contribution in [2.75, 3.05) is 12.4 Å². The van der Waals surface area contributed by atoms with Gasteiger partial charge in [-0.2, -0.15) is 4.98 Å². The lowest BCUT2D eigenvalue weighted by Gasteiger charge is -2.16. The molecule has 0 saturated carbocycles. The maximum atomic E-state index is 13.7. The van der Waals surface area contributed by atoms with E-state index in [1.807, 2.05) is 0 Å². The second kappa shape index (κ2) is 5.87. The summed E-state index contributed by atoms with van der Waals surface area (Å²) >= 11 is 6.18. The standard InChI is InChI=1S/C17H14ClF2N3O/c1-17(19,20)10-7-8-11-14(9-10)23(16(24)22-15(11)21-2)13-6-4-3-5-12(13)18/h3-9H,1-2H3,(H,21,22,24). The Kier molecular flexibility index (Phi) is 4.01. The summed E-state index contributed by atoms with van der Waals surface area (Å²) in [6.07, 6.45) is 0. The number of fused-ring (bicyclic) bond motifs is 1. The van der Waals surface area contributed by atoms with Gasteiger partial charge in [-0.1, -0.05) is 29.8 Å². The number of benzene rings is 2. The third-order valence-corrected chi connectivity index (χ3v) is 4.05. The van der Waals surface area contributed by atoms with Crippen molar-refractivity contribution in [2.24, 2.45) is 0 Å². The van der Waals surface area contributed by atoms with Gasteiger partial charge in [0.1, 0.15) is 5.82 Å². The van der Waals surface area contributed by atoms with Crippen LogP contribution in [0, 0.1) is 0 Å². The second-order valence-corrected chi connectivity index (χ2v) is 5.81. The summed E-state index contributed by atoms with van der Waals surface area (Å²) < 4.78 is 28.7. The van der Waals surface area contributed by atoms with Gasteiger partial charge in [0.05, 0.1) is 16.2 Å². The summed E-state index contributed by atoms with van der Waals surface area (Å²) in [6, 6.07) is 10.8. The molecule has 3 rings (SSSR count). The molecule has 0 unspecified atom stereocenters. The molecule has 0 aliphatic heterocycles. The number of hydrogen-bond acceptors (Lipinski definition) is 3. The van der Waals surface area contributed by atoms with Gasteiger partial charge in [0.2, 0.25) is 0 Å². The van der Waals surface area contributed by atoms with Gasteiger partial charge >= 0.3 is 5.69 Å². The molecule has 0 amide bonds. The average molecular weight is 350 g/mol. The Morgan fingerprint density at radius 2 is 1.92 bits per heavy atom. The van der Waals surface area contributed by atoms with Gasteiger partial charge in [0.15, 0.2) is 0 Å². The summed E-state index contributed by atoms with van der Waals surface area (Å²) in [4.78, 5) is 16.5. The van der Waals surface area contributed by atoms with E-state index >= 15 is 0 Å². The Hall–Kier alpha value is -2.47. The highest BCUT2D eigenvalue weighted by Gasteiger charge is 2.25. The molecule has 2 aromatic carbocycles.